The molecule has 2 aromatic rings. The molecule has 5 heteroatoms. The molecular weight excluding hydrogens is 356 g/mol. The van der Waals surface area contributed by atoms with E-state index in [2.05, 4.69) is 21.2 Å². The van der Waals surface area contributed by atoms with Gasteiger partial charge in [0.2, 0.25) is 0 Å². The Morgan fingerprint density at radius 2 is 1.96 bits per heavy atom. The van der Waals surface area contributed by atoms with Gasteiger partial charge in [-0.3, -0.25) is 4.79 Å². The summed E-state index contributed by atoms with van der Waals surface area (Å²) < 4.78 is 5.91. The third-order valence-electron chi connectivity index (χ3n) is 3.16. The van der Waals surface area contributed by atoms with E-state index in [4.69, 9.17) is 4.74 Å². The lowest BCUT2D eigenvalue weighted by molar-refractivity contribution is -0.112. The minimum Gasteiger partial charge on any atom is -0.496 e. The average Bonchev–Trinajstić information content (AvgIpc) is 2.54. The predicted octanol–water partition coefficient (Wildman–Crippen LogP) is 4.31. The lowest BCUT2D eigenvalue weighted by atomic mass is 10.1. The molecule has 2 rings (SSSR count). The third-order valence-corrected chi connectivity index (χ3v) is 3.78. The lowest BCUT2D eigenvalue weighted by Gasteiger charge is -2.06. The van der Waals surface area contributed by atoms with E-state index in [1.54, 1.807) is 37.4 Å². The Kier molecular flexibility index (Phi) is 5.56. The first-order valence-electron chi connectivity index (χ1n) is 6.87. The number of rotatable bonds is 4. The fourth-order valence-corrected chi connectivity index (χ4v) is 2.48. The second-order valence-electron chi connectivity index (χ2n) is 4.88. The van der Waals surface area contributed by atoms with E-state index < -0.39 is 5.91 Å². The summed E-state index contributed by atoms with van der Waals surface area (Å²) in [7, 11) is 1.57. The van der Waals surface area contributed by atoms with Crippen LogP contribution in [0.25, 0.3) is 6.08 Å². The highest BCUT2D eigenvalue weighted by Crippen LogP contribution is 2.26. The van der Waals surface area contributed by atoms with Crippen molar-refractivity contribution < 1.29 is 9.53 Å². The molecule has 0 aliphatic heterocycles. The van der Waals surface area contributed by atoms with Gasteiger partial charge in [0.05, 0.1) is 11.6 Å². The van der Waals surface area contributed by atoms with E-state index in [1.807, 2.05) is 25.1 Å². The highest BCUT2D eigenvalue weighted by atomic mass is 79.9. The Labute approximate surface area is 143 Å². The number of amides is 1. The van der Waals surface area contributed by atoms with Crippen LogP contribution in [0.5, 0.6) is 5.75 Å². The summed E-state index contributed by atoms with van der Waals surface area (Å²) in [6, 6.07) is 14.6. The van der Waals surface area contributed by atoms with Crippen LogP contribution in [0.4, 0.5) is 5.69 Å². The molecule has 0 aromatic heterocycles. The number of benzene rings is 2. The number of halogens is 1. The zero-order valence-electron chi connectivity index (χ0n) is 12.8. The summed E-state index contributed by atoms with van der Waals surface area (Å²) >= 11 is 3.38. The number of carbonyl (C=O) groups excluding carboxylic acids is 1. The number of hydrogen-bond acceptors (Lipinski definition) is 3. The normalized spacial score (nSPS) is 10.8. The molecule has 23 heavy (non-hydrogen) atoms. The maximum Gasteiger partial charge on any atom is 0.266 e. The summed E-state index contributed by atoms with van der Waals surface area (Å²) in [4.78, 5) is 12.2. The standard InChI is InChI=1S/C18H15BrN2O2/c1-12-3-6-15(7-4-12)21-18(22)14(11-20)9-13-5-8-17(23-2)16(19)10-13/h3-10H,1-2H3,(H,21,22)/b14-9-. The van der Waals surface area contributed by atoms with Crippen LogP contribution in [0.1, 0.15) is 11.1 Å². The molecule has 0 unspecified atom stereocenters. The number of nitrogens with one attached hydrogen (secondary N) is 1. The van der Waals surface area contributed by atoms with Crippen molar-refractivity contribution in [3.63, 3.8) is 0 Å². The highest BCUT2D eigenvalue weighted by molar-refractivity contribution is 9.10. The molecule has 116 valence electrons. The molecule has 0 atom stereocenters. The van der Waals surface area contributed by atoms with Crippen LogP contribution in [0.2, 0.25) is 0 Å². The van der Waals surface area contributed by atoms with Gasteiger partial charge in [-0.1, -0.05) is 23.8 Å². The van der Waals surface area contributed by atoms with Crippen molar-refractivity contribution in [3.8, 4) is 11.8 Å². The van der Waals surface area contributed by atoms with Crippen molar-refractivity contribution in [3.05, 3.63) is 63.6 Å². The zero-order valence-corrected chi connectivity index (χ0v) is 14.3. The van der Waals surface area contributed by atoms with Crippen molar-refractivity contribution in [1.29, 1.82) is 5.26 Å². The fourth-order valence-electron chi connectivity index (χ4n) is 1.92. The van der Waals surface area contributed by atoms with E-state index in [1.165, 1.54) is 6.08 Å². The molecule has 0 spiro atoms. The Hall–Kier alpha value is -2.58. The van der Waals surface area contributed by atoms with Crippen LogP contribution >= 0.6 is 15.9 Å². The van der Waals surface area contributed by atoms with Crippen LogP contribution in [0.3, 0.4) is 0 Å². The molecule has 0 heterocycles. The van der Waals surface area contributed by atoms with Crippen molar-refractivity contribution in [2.45, 2.75) is 6.92 Å². The number of methoxy groups -OCH3 is 1. The molecule has 0 fully saturated rings. The topological polar surface area (TPSA) is 62.1 Å². The molecule has 0 bridgehead atoms. The van der Waals surface area contributed by atoms with Crippen LogP contribution in [-0.4, -0.2) is 13.0 Å². The smallest absolute Gasteiger partial charge is 0.266 e. The van der Waals surface area contributed by atoms with E-state index in [0.717, 1.165) is 15.6 Å². The molecule has 4 nitrogen and oxygen atoms in total. The highest BCUT2D eigenvalue weighted by Gasteiger charge is 2.10. The van der Waals surface area contributed by atoms with Gasteiger partial charge in [0.15, 0.2) is 0 Å². The van der Waals surface area contributed by atoms with Crippen molar-refractivity contribution in [1.82, 2.24) is 0 Å². The first-order valence-corrected chi connectivity index (χ1v) is 7.66. The minimum absolute atomic E-state index is 0.0302. The molecule has 0 saturated heterocycles. The average molecular weight is 371 g/mol. The number of ether oxygens (including phenoxy) is 1. The molecular formula is C18H15BrN2O2. The monoisotopic (exact) mass is 370 g/mol. The molecule has 0 saturated carbocycles. The largest absolute Gasteiger partial charge is 0.496 e. The number of aryl methyl sites for hydroxylation is 1. The Bertz CT molecular complexity index is 790. The van der Waals surface area contributed by atoms with E-state index >= 15 is 0 Å². The van der Waals surface area contributed by atoms with Crippen LogP contribution in [0.15, 0.2) is 52.5 Å². The Morgan fingerprint density at radius 3 is 2.52 bits per heavy atom. The van der Waals surface area contributed by atoms with Gasteiger partial charge in [-0.15, -0.1) is 0 Å². The molecule has 1 N–H and O–H groups in total. The van der Waals surface area contributed by atoms with Crippen LogP contribution in [0, 0.1) is 18.3 Å². The lowest BCUT2D eigenvalue weighted by Crippen LogP contribution is -2.13. The summed E-state index contributed by atoms with van der Waals surface area (Å²) in [5.74, 6) is 0.244. The quantitative estimate of drug-likeness (QED) is 0.644. The SMILES string of the molecule is COc1ccc(/C=C(/C#N)C(=O)Nc2ccc(C)cc2)cc1Br. The summed E-state index contributed by atoms with van der Waals surface area (Å²) in [6.07, 6.45) is 1.54. The number of carbonyl (C=O) groups is 1. The third kappa shape index (κ3) is 4.44. The minimum atomic E-state index is -0.441. The first-order chi connectivity index (χ1) is 11.0. The van der Waals surface area contributed by atoms with Gasteiger partial charge >= 0.3 is 0 Å². The molecule has 0 radical (unpaired) electrons. The first kappa shape index (κ1) is 16.8. The second kappa shape index (κ2) is 7.61. The summed E-state index contributed by atoms with van der Waals surface area (Å²) in [5, 5.41) is 11.9. The van der Waals surface area contributed by atoms with Crippen LogP contribution < -0.4 is 10.1 Å². The van der Waals surface area contributed by atoms with Crippen molar-refractivity contribution >= 4 is 33.6 Å². The molecule has 2 aromatic carbocycles. The van der Waals surface area contributed by atoms with E-state index in [9.17, 15) is 10.1 Å². The van der Waals surface area contributed by atoms with Gasteiger partial charge in [-0.05, 0) is 58.8 Å². The zero-order chi connectivity index (χ0) is 16.8. The molecule has 1 amide bonds. The maximum atomic E-state index is 12.2. The van der Waals surface area contributed by atoms with Crippen molar-refractivity contribution in [2.24, 2.45) is 0 Å². The Balaban J connectivity index is 2.21. The van der Waals surface area contributed by atoms with E-state index in [-0.39, 0.29) is 5.57 Å². The number of nitriles is 1. The number of hydrogen-bond donors (Lipinski definition) is 1. The maximum absolute atomic E-state index is 12.2. The second-order valence-corrected chi connectivity index (χ2v) is 5.74. The van der Waals surface area contributed by atoms with Gasteiger partial charge in [-0.2, -0.15) is 5.26 Å². The van der Waals surface area contributed by atoms with Gasteiger partial charge in [0, 0.05) is 5.69 Å². The summed E-state index contributed by atoms with van der Waals surface area (Å²) in [5.41, 5.74) is 2.51. The number of nitrogens with zero attached hydrogens (tertiary/aromatic N) is 1. The van der Waals surface area contributed by atoms with Crippen LogP contribution in [-0.2, 0) is 4.79 Å². The summed E-state index contributed by atoms with van der Waals surface area (Å²) in [6.45, 7) is 1.97. The van der Waals surface area contributed by atoms with Gasteiger partial charge in [-0.25, -0.2) is 0 Å². The van der Waals surface area contributed by atoms with Crippen molar-refractivity contribution in [2.75, 3.05) is 12.4 Å². The number of anilines is 1. The van der Waals surface area contributed by atoms with Gasteiger partial charge in [0.25, 0.3) is 5.91 Å². The predicted molar refractivity (Wildman–Crippen MR) is 94.1 cm³/mol. The fraction of sp³-hybridized carbons (Fsp3) is 0.111. The van der Waals surface area contributed by atoms with Gasteiger partial charge < -0.3 is 10.1 Å². The Morgan fingerprint density at radius 1 is 1.26 bits per heavy atom. The molecule has 0 aliphatic rings. The van der Waals surface area contributed by atoms with Gasteiger partial charge in [0.1, 0.15) is 17.4 Å². The molecule has 0 aliphatic carbocycles. The van der Waals surface area contributed by atoms with E-state index in [0.29, 0.717) is 11.4 Å².